The summed E-state index contributed by atoms with van der Waals surface area (Å²) in [5, 5.41) is 6.18. The van der Waals surface area contributed by atoms with Gasteiger partial charge in [-0.05, 0) is 7.05 Å². The number of H-pyrrole nitrogens is 1. The zero-order chi connectivity index (χ0) is 14.3. The third-order valence-electron chi connectivity index (χ3n) is 2.63. The number of methoxy groups -OCH3 is 1. The quantitative estimate of drug-likeness (QED) is 0.522. The fourth-order valence-corrected chi connectivity index (χ4v) is 2.64. The minimum atomic E-state index is -3.58. The van der Waals surface area contributed by atoms with Crippen molar-refractivity contribution in [1.82, 2.24) is 19.8 Å². The lowest BCUT2D eigenvalue weighted by molar-refractivity contribution is 0.162. The number of nitrogens with zero attached hydrogens (tertiary/aromatic N) is 2. The molecular weight excluding hydrogens is 270 g/mol. The SMILES string of the molecule is COCCN(C)CCNS(=O)(=O)c1[nH]ncc1CN. The van der Waals surface area contributed by atoms with Gasteiger partial charge in [-0.25, -0.2) is 13.1 Å². The van der Waals surface area contributed by atoms with Crippen molar-refractivity contribution in [2.75, 3.05) is 40.4 Å². The first kappa shape index (κ1) is 16.1. The molecular formula is C10H21N5O3S. The van der Waals surface area contributed by atoms with E-state index in [-0.39, 0.29) is 11.6 Å². The lowest BCUT2D eigenvalue weighted by Gasteiger charge is -2.16. The molecule has 0 saturated heterocycles. The Bertz CT molecular complexity index is 473. The van der Waals surface area contributed by atoms with Crippen LogP contribution in [-0.4, -0.2) is 63.9 Å². The van der Waals surface area contributed by atoms with Crippen molar-refractivity contribution in [2.45, 2.75) is 11.6 Å². The predicted molar refractivity (Wildman–Crippen MR) is 71.0 cm³/mol. The Kier molecular flexibility index (Phi) is 6.38. The molecule has 8 nitrogen and oxygen atoms in total. The Balaban J connectivity index is 2.48. The molecule has 1 aromatic rings. The largest absolute Gasteiger partial charge is 0.383 e. The molecule has 110 valence electrons. The van der Waals surface area contributed by atoms with Gasteiger partial charge in [-0.3, -0.25) is 5.10 Å². The minimum Gasteiger partial charge on any atom is -0.383 e. The fourth-order valence-electron chi connectivity index (χ4n) is 1.48. The Hall–Kier alpha value is -1.00. The monoisotopic (exact) mass is 291 g/mol. The number of aromatic nitrogens is 2. The van der Waals surface area contributed by atoms with E-state index in [2.05, 4.69) is 14.9 Å². The van der Waals surface area contributed by atoms with E-state index in [0.29, 0.717) is 25.3 Å². The van der Waals surface area contributed by atoms with Gasteiger partial charge in [-0.1, -0.05) is 0 Å². The van der Waals surface area contributed by atoms with Crippen LogP contribution in [0.25, 0.3) is 0 Å². The molecule has 0 unspecified atom stereocenters. The molecule has 4 N–H and O–H groups in total. The van der Waals surface area contributed by atoms with E-state index >= 15 is 0 Å². The maximum atomic E-state index is 12.0. The van der Waals surface area contributed by atoms with E-state index < -0.39 is 10.0 Å². The maximum absolute atomic E-state index is 12.0. The molecule has 1 rings (SSSR count). The molecule has 0 radical (unpaired) electrons. The third kappa shape index (κ3) is 4.88. The van der Waals surface area contributed by atoms with Crippen molar-refractivity contribution in [2.24, 2.45) is 5.73 Å². The van der Waals surface area contributed by atoms with Crippen LogP contribution >= 0.6 is 0 Å². The van der Waals surface area contributed by atoms with Crippen molar-refractivity contribution in [3.8, 4) is 0 Å². The molecule has 0 fully saturated rings. The van der Waals surface area contributed by atoms with Gasteiger partial charge in [0.2, 0.25) is 0 Å². The highest BCUT2D eigenvalue weighted by molar-refractivity contribution is 7.89. The molecule has 0 aliphatic rings. The molecule has 19 heavy (non-hydrogen) atoms. The van der Waals surface area contributed by atoms with Crippen LogP contribution in [0.2, 0.25) is 0 Å². The van der Waals surface area contributed by atoms with Gasteiger partial charge in [-0.2, -0.15) is 5.10 Å². The summed E-state index contributed by atoms with van der Waals surface area (Å²) in [7, 11) is -0.0561. The minimum absolute atomic E-state index is 0.0366. The number of ether oxygens (including phenoxy) is 1. The number of sulfonamides is 1. The summed E-state index contributed by atoms with van der Waals surface area (Å²) in [5.74, 6) is 0. The Morgan fingerprint density at radius 3 is 2.89 bits per heavy atom. The van der Waals surface area contributed by atoms with Crippen molar-refractivity contribution in [1.29, 1.82) is 0 Å². The second-order valence-electron chi connectivity index (χ2n) is 4.12. The van der Waals surface area contributed by atoms with Crippen LogP contribution in [0.4, 0.5) is 0 Å². The van der Waals surface area contributed by atoms with Crippen molar-refractivity contribution in [3.05, 3.63) is 11.8 Å². The topological polar surface area (TPSA) is 113 Å². The standard InChI is InChI=1S/C10H21N5O3S/c1-15(5-6-18-2)4-3-13-19(16,17)10-9(7-11)8-12-14-10/h8,13H,3-7,11H2,1-2H3,(H,12,14). The van der Waals surface area contributed by atoms with E-state index in [4.69, 9.17) is 10.5 Å². The van der Waals surface area contributed by atoms with Crippen LogP contribution in [0.1, 0.15) is 5.56 Å². The van der Waals surface area contributed by atoms with Gasteiger partial charge in [-0.15, -0.1) is 0 Å². The summed E-state index contributed by atoms with van der Waals surface area (Å²) in [6.45, 7) is 2.39. The number of nitrogens with two attached hydrogens (primary N) is 1. The summed E-state index contributed by atoms with van der Waals surface area (Å²) in [5.41, 5.74) is 5.92. The zero-order valence-electron chi connectivity index (χ0n) is 11.2. The van der Waals surface area contributed by atoms with E-state index in [1.54, 1.807) is 7.11 Å². The zero-order valence-corrected chi connectivity index (χ0v) is 12.0. The predicted octanol–water partition coefficient (Wildman–Crippen LogP) is -1.28. The summed E-state index contributed by atoms with van der Waals surface area (Å²) in [6, 6.07) is 0. The molecule has 0 atom stereocenters. The highest BCUT2D eigenvalue weighted by atomic mass is 32.2. The van der Waals surface area contributed by atoms with Crippen LogP contribution < -0.4 is 10.5 Å². The van der Waals surface area contributed by atoms with Gasteiger partial charge in [0.05, 0.1) is 12.8 Å². The van der Waals surface area contributed by atoms with E-state index in [9.17, 15) is 8.42 Å². The average molecular weight is 291 g/mol. The van der Waals surface area contributed by atoms with Crippen molar-refractivity contribution >= 4 is 10.0 Å². The average Bonchev–Trinajstić information content (AvgIpc) is 2.85. The number of aromatic amines is 1. The number of hydrogen-bond acceptors (Lipinski definition) is 6. The second kappa shape index (κ2) is 7.56. The lowest BCUT2D eigenvalue weighted by atomic mass is 10.4. The van der Waals surface area contributed by atoms with Crippen LogP contribution in [0, 0.1) is 0 Å². The van der Waals surface area contributed by atoms with Gasteiger partial charge in [0, 0.05) is 38.9 Å². The molecule has 1 aromatic heterocycles. The molecule has 0 aliphatic heterocycles. The summed E-state index contributed by atoms with van der Waals surface area (Å²) >= 11 is 0. The normalized spacial score (nSPS) is 12.2. The van der Waals surface area contributed by atoms with E-state index in [1.807, 2.05) is 11.9 Å². The first-order valence-corrected chi connectivity index (χ1v) is 7.39. The molecule has 9 heteroatoms. The first-order chi connectivity index (χ1) is 9.01. The van der Waals surface area contributed by atoms with Crippen LogP contribution in [0.3, 0.4) is 0 Å². The first-order valence-electron chi connectivity index (χ1n) is 5.90. The number of hydrogen-bond donors (Lipinski definition) is 3. The van der Waals surface area contributed by atoms with Gasteiger partial charge in [0.25, 0.3) is 10.0 Å². The third-order valence-corrected chi connectivity index (χ3v) is 4.10. The molecule has 0 spiro atoms. The summed E-state index contributed by atoms with van der Waals surface area (Å²) in [4.78, 5) is 1.98. The van der Waals surface area contributed by atoms with Gasteiger partial charge < -0.3 is 15.4 Å². The summed E-state index contributed by atoms with van der Waals surface area (Å²) < 4.78 is 31.4. The second-order valence-corrected chi connectivity index (χ2v) is 5.83. The fraction of sp³-hybridized carbons (Fsp3) is 0.700. The smallest absolute Gasteiger partial charge is 0.257 e. The Morgan fingerprint density at radius 1 is 1.53 bits per heavy atom. The van der Waals surface area contributed by atoms with Crippen LogP contribution in [0.5, 0.6) is 0 Å². The lowest BCUT2D eigenvalue weighted by Crippen LogP contribution is -2.34. The Morgan fingerprint density at radius 2 is 2.26 bits per heavy atom. The van der Waals surface area contributed by atoms with E-state index in [0.717, 1.165) is 6.54 Å². The van der Waals surface area contributed by atoms with Crippen LogP contribution in [-0.2, 0) is 21.3 Å². The maximum Gasteiger partial charge on any atom is 0.257 e. The summed E-state index contributed by atoms with van der Waals surface area (Å²) in [6.07, 6.45) is 1.42. The van der Waals surface area contributed by atoms with Crippen molar-refractivity contribution in [3.63, 3.8) is 0 Å². The molecule has 0 saturated carbocycles. The van der Waals surface area contributed by atoms with E-state index in [1.165, 1.54) is 6.20 Å². The number of rotatable bonds is 9. The Labute approximate surface area is 113 Å². The molecule has 0 aliphatic carbocycles. The van der Waals surface area contributed by atoms with Gasteiger partial charge in [0.15, 0.2) is 5.03 Å². The van der Waals surface area contributed by atoms with Crippen LogP contribution in [0.15, 0.2) is 11.2 Å². The molecule has 0 bridgehead atoms. The highest BCUT2D eigenvalue weighted by Gasteiger charge is 2.19. The molecule has 1 heterocycles. The number of nitrogens with one attached hydrogen (secondary N) is 2. The van der Waals surface area contributed by atoms with Crippen molar-refractivity contribution < 1.29 is 13.2 Å². The van der Waals surface area contributed by atoms with Gasteiger partial charge >= 0.3 is 0 Å². The number of likely N-dealkylation sites (N-methyl/N-ethyl adjacent to an activating group) is 1. The molecule has 0 aromatic carbocycles. The highest BCUT2D eigenvalue weighted by Crippen LogP contribution is 2.10. The van der Waals surface area contributed by atoms with Gasteiger partial charge in [0.1, 0.15) is 0 Å². The molecule has 0 amide bonds.